The van der Waals surface area contributed by atoms with Crippen LogP contribution >= 0.6 is 23.2 Å². The largest absolute Gasteiger partial charge is 0.455 e. The van der Waals surface area contributed by atoms with E-state index in [1.165, 1.54) is 12.4 Å². The van der Waals surface area contributed by atoms with Gasteiger partial charge in [0.1, 0.15) is 11.5 Å². The molecule has 0 aliphatic heterocycles. The van der Waals surface area contributed by atoms with Gasteiger partial charge in [0.15, 0.2) is 0 Å². The molecule has 0 saturated carbocycles. The second-order valence-electron chi connectivity index (χ2n) is 5.18. The van der Waals surface area contributed by atoms with E-state index in [0.29, 0.717) is 28.1 Å². The first kappa shape index (κ1) is 17.3. The SMILES string of the molecule is O=C(CCn1cc(Cl)cn1)N/N=C/c1ccc(-c2cccc(Cl)c2)o1. The van der Waals surface area contributed by atoms with Gasteiger partial charge in [-0.25, -0.2) is 5.43 Å². The van der Waals surface area contributed by atoms with Crippen LogP contribution in [0.3, 0.4) is 0 Å². The molecule has 3 rings (SSSR count). The first-order valence-electron chi connectivity index (χ1n) is 7.46. The summed E-state index contributed by atoms with van der Waals surface area (Å²) >= 11 is 11.7. The minimum absolute atomic E-state index is 0.232. The van der Waals surface area contributed by atoms with Crippen molar-refractivity contribution in [2.24, 2.45) is 5.10 Å². The monoisotopic (exact) mass is 376 g/mol. The summed E-state index contributed by atoms with van der Waals surface area (Å²) in [6.07, 6.45) is 4.85. The van der Waals surface area contributed by atoms with E-state index in [9.17, 15) is 4.79 Å². The molecule has 0 aliphatic rings. The van der Waals surface area contributed by atoms with Gasteiger partial charge >= 0.3 is 0 Å². The zero-order chi connectivity index (χ0) is 17.6. The van der Waals surface area contributed by atoms with Crippen LogP contribution in [0.4, 0.5) is 0 Å². The van der Waals surface area contributed by atoms with Crippen molar-refractivity contribution in [2.75, 3.05) is 0 Å². The maximum atomic E-state index is 11.7. The summed E-state index contributed by atoms with van der Waals surface area (Å²) in [6.45, 7) is 0.424. The summed E-state index contributed by atoms with van der Waals surface area (Å²) in [5.74, 6) is 0.962. The Labute approximate surface area is 154 Å². The van der Waals surface area contributed by atoms with Gasteiger partial charge in [0.05, 0.1) is 17.4 Å². The number of carbonyl (C=O) groups excluding carboxylic acids is 1. The highest BCUT2D eigenvalue weighted by Gasteiger charge is 2.05. The first-order chi connectivity index (χ1) is 12.1. The lowest BCUT2D eigenvalue weighted by Gasteiger charge is -2.00. The van der Waals surface area contributed by atoms with Crippen molar-refractivity contribution in [3.05, 3.63) is 64.6 Å². The van der Waals surface area contributed by atoms with Crippen molar-refractivity contribution < 1.29 is 9.21 Å². The summed E-state index contributed by atoms with van der Waals surface area (Å²) in [7, 11) is 0. The van der Waals surface area contributed by atoms with Gasteiger partial charge in [-0.15, -0.1) is 0 Å². The van der Waals surface area contributed by atoms with E-state index >= 15 is 0 Å². The van der Waals surface area contributed by atoms with Crippen LogP contribution < -0.4 is 5.43 Å². The number of benzene rings is 1. The Morgan fingerprint density at radius 3 is 2.92 bits per heavy atom. The summed E-state index contributed by atoms with van der Waals surface area (Å²) in [5, 5.41) is 9.05. The fourth-order valence-electron chi connectivity index (χ4n) is 2.12. The molecule has 0 aliphatic carbocycles. The molecule has 1 aromatic carbocycles. The summed E-state index contributed by atoms with van der Waals surface area (Å²) in [5.41, 5.74) is 3.31. The van der Waals surface area contributed by atoms with E-state index in [2.05, 4.69) is 15.6 Å². The Balaban J connectivity index is 1.51. The Hall–Kier alpha value is -2.57. The van der Waals surface area contributed by atoms with Crippen molar-refractivity contribution in [1.29, 1.82) is 0 Å². The third-order valence-corrected chi connectivity index (χ3v) is 3.72. The van der Waals surface area contributed by atoms with Gasteiger partial charge in [-0.05, 0) is 24.3 Å². The topological polar surface area (TPSA) is 72.4 Å². The number of rotatable bonds is 6. The zero-order valence-electron chi connectivity index (χ0n) is 13.0. The van der Waals surface area contributed by atoms with Gasteiger partial charge in [-0.3, -0.25) is 9.48 Å². The summed E-state index contributed by atoms with van der Waals surface area (Å²) in [6, 6.07) is 10.9. The molecule has 8 heteroatoms. The molecule has 1 amide bonds. The number of halogens is 2. The van der Waals surface area contributed by atoms with Crippen LogP contribution in [0, 0.1) is 0 Å². The molecule has 0 bridgehead atoms. The van der Waals surface area contributed by atoms with Crippen molar-refractivity contribution in [3.63, 3.8) is 0 Å². The summed E-state index contributed by atoms with van der Waals surface area (Å²) in [4.78, 5) is 11.7. The molecule has 6 nitrogen and oxygen atoms in total. The average Bonchev–Trinajstić information content (AvgIpc) is 3.22. The lowest BCUT2D eigenvalue weighted by atomic mass is 10.2. The van der Waals surface area contributed by atoms with E-state index in [1.807, 2.05) is 24.3 Å². The lowest BCUT2D eigenvalue weighted by Crippen LogP contribution is -2.19. The number of hydrazone groups is 1. The normalized spacial score (nSPS) is 11.1. The highest BCUT2D eigenvalue weighted by atomic mass is 35.5. The van der Waals surface area contributed by atoms with E-state index < -0.39 is 0 Å². The van der Waals surface area contributed by atoms with Gasteiger partial charge in [-0.2, -0.15) is 10.2 Å². The second kappa shape index (κ2) is 8.00. The molecular formula is C17H14Cl2N4O2. The van der Waals surface area contributed by atoms with Gasteiger partial charge in [0.25, 0.3) is 0 Å². The van der Waals surface area contributed by atoms with E-state index in [0.717, 1.165) is 5.56 Å². The predicted molar refractivity (Wildman–Crippen MR) is 96.7 cm³/mol. The molecule has 0 unspecified atom stereocenters. The number of aryl methyl sites for hydroxylation is 1. The Morgan fingerprint density at radius 1 is 1.28 bits per heavy atom. The number of hydrogen-bond donors (Lipinski definition) is 1. The third-order valence-electron chi connectivity index (χ3n) is 3.29. The van der Waals surface area contributed by atoms with Crippen LogP contribution in [0.25, 0.3) is 11.3 Å². The predicted octanol–water partition coefficient (Wildman–Crippen LogP) is 3.99. The Kier molecular flexibility index (Phi) is 5.53. The highest BCUT2D eigenvalue weighted by molar-refractivity contribution is 6.31. The first-order valence-corrected chi connectivity index (χ1v) is 8.21. The fraction of sp³-hybridized carbons (Fsp3) is 0.118. The second-order valence-corrected chi connectivity index (χ2v) is 6.05. The number of aromatic nitrogens is 2. The molecule has 0 spiro atoms. The minimum Gasteiger partial charge on any atom is -0.455 e. The molecule has 2 heterocycles. The van der Waals surface area contributed by atoms with Crippen LogP contribution in [0.1, 0.15) is 12.2 Å². The van der Waals surface area contributed by atoms with Crippen molar-refractivity contribution in [2.45, 2.75) is 13.0 Å². The van der Waals surface area contributed by atoms with Crippen LogP contribution in [0.2, 0.25) is 10.0 Å². The molecule has 0 saturated heterocycles. The molecule has 3 aromatic rings. The molecule has 128 valence electrons. The maximum Gasteiger partial charge on any atom is 0.241 e. The maximum absolute atomic E-state index is 11.7. The van der Waals surface area contributed by atoms with Crippen LogP contribution in [-0.4, -0.2) is 21.9 Å². The molecular weight excluding hydrogens is 363 g/mol. The molecule has 2 aromatic heterocycles. The Bertz CT molecular complexity index is 901. The number of hydrogen-bond acceptors (Lipinski definition) is 4. The number of amides is 1. The molecule has 0 radical (unpaired) electrons. The van der Waals surface area contributed by atoms with Crippen LogP contribution in [0.5, 0.6) is 0 Å². The number of nitrogens with zero attached hydrogens (tertiary/aromatic N) is 3. The molecule has 0 fully saturated rings. The van der Waals surface area contributed by atoms with Gasteiger partial charge in [0.2, 0.25) is 5.91 Å². The van der Waals surface area contributed by atoms with Crippen molar-refractivity contribution in [3.8, 4) is 11.3 Å². The quantitative estimate of drug-likeness (QED) is 0.522. The molecule has 25 heavy (non-hydrogen) atoms. The molecule has 0 atom stereocenters. The number of carbonyl (C=O) groups is 1. The Morgan fingerprint density at radius 2 is 2.16 bits per heavy atom. The minimum atomic E-state index is -0.232. The smallest absolute Gasteiger partial charge is 0.241 e. The van der Waals surface area contributed by atoms with E-state index in [4.69, 9.17) is 27.6 Å². The van der Waals surface area contributed by atoms with E-state index in [1.54, 1.807) is 23.0 Å². The lowest BCUT2D eigenvalue weighted by molar-refractivity contribution is -0.121. The van der Waals surface area contributed by atoms with E-state index in [-0.39, 0.29) is 12.3 Å². The summed E-state index contributed by atoms with van der Waals surface area (Å²) < 4.78 is 7.24. The van der Waals surface area contributed by atoms with Crippen molar-refractivity contribution in [1.82, 2.24) is 15.2 Å². The van der Waals surface area contributed by atoms with Crippen LogP contribution in [-0.2, 0) is 11.3 Å². The fourth-order valence-corrected chi connectivity index (χ4v) is 2.47. The van der Waals surface area contributed by atoms with Gasteiger partial charge < -0.3 is 4.42 Å². The number of nitrogens with one attached hydrogen (secondary N) is 1. The van der Waals surface area contributed by atoms with Gasteiger partial charge in [0, 0.05) is 29.7 Å². The average molecular weight is 377 g/mol. The third kappa shape index (κ3) is 4.95. The molecule has 1 N–H and O–H groups in total. The van der Waals surface area contributed by atoms with Crippen LogP contribution in [0.15, 0.2) is 58.3 Å². The van der Waals surface area contributed by atoms with Gasteiger partial charge in [-0.1, -0.05) is 35.3 Å². The zero-order valence-corrected chi connectivity index (χ0v) is 14.5. The standard InChI is InChI=1S/C17H14Cl2N4O2/c18-13-3-1-2-12(8-13)16-5-4-15(25-16)10-20-22-17(24)6-7-23-11-14(19)9-21-23/h1-5,8-11H,6-7H2,(H,22,24)/b20-10+. The highest BCUT2D eigenvalue weighted by Crippen LogP contribution is 2.24. The number of furan rings is 1. The van der Waals surface area contributed by atoms with Crippen molar-refractivity contribution >= 4 is 35.3 Å².